The largest absolute Gasteiger partial charge is 0.496 e. The van der Waals surface area contributed by atoms with E-state index in [0.29, 0.717) is 40.7 Å². The van der Waals surface area contributed by atoms with E-state index in [1.165, 1.54) is 18.5 Å². The molecule has 0 bridgehead atoms. The van der Waals surface area contributed by atoms with Crippen LogP contribution in [0, 0.1) is 5.92 Å². The average molecular weight is 492 g/mol. The summed E-state index contributed by atoms with van der Waals surface area (Å²) in [5, 5.41) is 14.5. The van der Waals surface area contributed by atoms with Gasteiger partial charge in [0.15, 0.2) is 0 Å². The van der Waals surface area contributed by atoms with Gasteiger partial charge in [-0.25, -0.2) is 13.1 Å². The Morgan fingerprint density at radius 1 is 1.15 bits per heavy atom. The van der Waals surface area contributed by atoms with Gasteiger partial charge in [-0.1, -0.05) is 23.7 Å². The Morgan fingerprint density at radius 3 is 2.61 bits per heavy atom. The van der Waals surface area contributed by atoms with Crippen LogP contribution in [-0.2, 0) is 10.0 Å². The third-order valence-corrected chi connectivity index (χ3v) is 8.05. The molecule has 0 saturated carbocycles. The van der Waals surface area contributed by atoms with Crippen LogP contribution in [0.1, 0.15) is 12.8 Å². The highest BCUT2D eigenvalue weighted by Gasteiger charge is 2.33. The fourth-order valence-corrected chi connectivity index (χ4v) is 6.06. The molecule has 1 aliphatic heterocycles. The normalized spacial score (nSPS) is 17.2. The van der Waals surface area contributed by atoms with E-state index in [2.05, 4.69) is 5.10 Å². The maximum absolute atomic E-state index is 13.6. The molecule has 1 atom stereocenters. The zero-order chi connectivity index (χ0) is 23.6. The number of para-hydroxylation sites is 1. The minimum Gasteiger partial charge on any atom is -0.496 e. The van der Waals surface area contributed by atoms with Crippen molar-refractivity contribution in [3.63, 3.8) is 0 Å². The average Bonchev–Trinajstić information content (AvgIpc) is 3.32. The lowest BCUT2D eigenvalue weighted by molar-refractivity contribution is 0.165. The van der Waals surface area contributed by atoms with Gasteiger partial charge in [-0.15, -0.1) is 0 Å². The smallest absolute Gasteiger partial charge is 0.246 e. The van der Waals surface area contributed by atoms with Crippen molar-refractivity contribution in [1.82, 2.24) is 14.1 Å². The zero-order valence-electron chi connectivity index (χ0n) is 18.4. The number of piperidine rings is 1. The van der Waals surface area contributed by atoms with Gasteiger partial charge in [0, 0.05) is 31.3 Å². The van der Waals surface area contributed by atoms with Crippen LogP contribution in [0.3, 0.4) is 0 Å². The number of hydrogen-bond acceptors (Lipinski definition) is 6. The van der Waals surface area contributed by atoms with Crippen LogP contribution < -0.4 is 9.47 Å². The molecule has 3 aromatic rings. The topological polar surface area (TPSA) is 93.9 Å². The highest BCUT2D eigenvalue weighted by atomic mass is 35.5. The number of aromatic nitrogens is 2. The van der Waals surface area contributed by atoms with Crippen LogP contribution in [0.15, 0.2) is 53.6 Å². The second-order valence-electron chi connectivity index (χ2n) is 7.84. The molecule has 10 heteroatoms. The zero-order valence-corrected chi connectivity index (χ0v) is 20.0. The molecular formula is C23H26ClN3O5S. The first-order valence-electron chi connectivity index (χ1n) is 10.6. The first-order valence-corrected chi connectivity index (χ1v) is 12.4. The summed E-state index contributed by atoms with van der Waals surface area (Å²) < 4.78 is 41.4. The Kier molecular flexibility index (Phi) is 6.94. The lowest BCUT2D eigenvalue weighted by atomic mass is 10.0. The molecule has 176 valence electrons. The SMILES string of the molecule is COc1cc(OC)c(S(=O)(=O)N2CCCC(CO)C2)cc1-c1ccnn1-c1ccccc1Cl. The van der Waals surface area contributed by atoms with Crippen LogP contribution in [0.2, 0.25) is 5.02 Å². The molecule has 8 nitrogen and oxygen atoms in total. The Hall–Kier alpha value is -2.59. The standard InChI is InChI=1S/C23H26ClN3O5S/c1-31-21-13-22(32-2)23(33(29,30)26-11-5-6-16(14-26)15-28)12-17(21)19-9-10-25-27(19)20-8-4-3-7-18(20)24/h3-4,7-10,12-13,16,28H,5-6,11,14-15H2,1-2H3. The maximum Gasteiger partial charge on any atom is 0.246 e. The quantitative estimate of drug-likeness (QED) is 0.542. The fourth-order valence-electron chi connectivity index (χ4n) is 4.13. The second kappa shape index (κ2) is 9.72. The number of rotatable bonds is 7. The molecule has 4 rings (SSSR count). The van der Waals surface area contributed by atoms with Gasteiger partial charge in [-0.2, -0.15) is 9.40 Å². The lowest BCUT2D eigenvalue weighted by Crippen LogP contribution is -2.41. The van der Waals surface area contributed by atoms with Crippen molar-refractivity contribution < 1.29 is 23.0 Å². The molecule has 0 spiro atoms. The van der Waals surface area contributed by atoms with Crippen LogP contribution >= 0.6 is 11.6 Å². The van der Waals surface area contributed by atoms with Gasteiger partial charge in [0.1, 0.15) is 16.4 Å². The van der Waals surface area contributed by atoms with Crippen LogP contribution in [-0.4, -0.2) is 61.5 Å². The summed E-state index contributed by atoms with van der Waals surface area (Å²) in [6, 6.07) is 12.2. The van der Waals surface area contributed by atoms with Crippen molar-refractivity contribution in [1.29, 1.82) is 0 Å². The van der Waals surface area contributed by atoms with E-state index >= 15 is 0 Å². The number of aliphatic hydroxyl groups is 1. The van der Waals surface area contributed by atoms with Gasteiger partial charge in [0.05, 0.1) is 36.8 Å². The van der Waals surface area contributed by atoms with Crippen LogP contribution in [0.25, 0.3) is 16.9 Å². The number of nitrogens with zero attached hydrogens (tertiary/aromatic N) is 3. The molecule has 0 aliphatic carbocycles. The predicted octanol–water partition coefficient (Wildman–Crippen LogP) is 3.60. The number of methoxy groups -OCH3 is 2. The molecule has 1 aromatic heterocycles. The molecule has 1 saturated heterocycles. The first kappa shape index (κ1) is 23.6. The first-order chi connectivity index (χ1) is 15.9. The minimum absolute atomic E-state index is 0.0336. The highest BCUT2D eigenvalue weighted by Crippen LogP contribution is 2.40. The van der Waals surface area contributed by atoms with E-state index in [1.807, 2.05) is 18.2 Å². The van der Waals surface area contributed by atoms with E-state index in [9.17, 15) is 13.5 Å². The van der Waals surface area contributed by atoms with Gasteiger partial charge < -0.3 is 14.6 Å². The molecule has 1 N–H and O–H groups in total. The van der Waals surface area contributed by atoms with Gasteiger partial charge in [0.2, 0.25) is 10.0 Å². The summed E-state index contributed by atoms with van der Waals surface area (Å²) in [6.45, 7) is 0.607. The number of benzene rings is 2. The van der Waals surface area contributed by atoms with Crippen molar-refractivity contribution in [3.8, 4) is 28.4 Å². The van der Waals surface area contributed by atoms with E-state index < -0.39 is 10.0 Å². The summed E-state index contributed by atoms with van der Waals surface area (Å²) in [5.41, 5.74) is 1.80. The molecular weight excluding hydrogens is 466 g/mol. The number of ether oxygens (including phenoxy) is 2. The minimum atomic E-state index is -3.89. The summed E-state index contributed by atoms with van der Waals surface area (Å²) >= 11 is 6.39. The van der Waals surface area contributed by atoms with E-state index in [4.69, 9.17) is 21.1 Å². The summed E-state index contributed by atoms with van der Waals surface area (Å²) in [7, 11) is -0.948. The third-order valence-electron chi connectivity index (χ3n) is 5.84. The Balaban J connectivity index is 1.87. The molecule has 0 amide bonds. The predicted molar refractivity (Wildman–Crippen MR) is 126 cm³/mol. The summed E-state index contributed by atoms with van der Waals surface area (Å²) in [5.74, 6) is 0.538. The van der Waals surface area contributed by atoms with E-state index in [1.54, 1.807) is 35.1 Å². The number of aliphatic hydroxyl groups excluding tert-OH is 1. The highest BCUT2D eigenvalue weighted by molar-refractivity contribution is 7.89. The summed E-state index contributed by atoms with van der Waals surface area (Å²) in [4.78, 5) is 0.0336. The third kappa shape index (κ3) is 4.46. The van der Waals surface area contributed by atoms with Crippen molar-refractivity contribution in [2.75, 3.05) is 33.9 Å². The van der Waals surface area contributed by atoms with Crippen molar-refractivity contribution in [2.24, 2.45) is 5.92 Å². The van der Waals surface area contributed by atoms with Crippen LogP contribution in [0.5, 0.6) is 11.5 Å². The fraction of sp³-hybridized carbons (Fsp3) is 0.348. The molecule has 0 radical (unpaired) electrons. The van der Waals surface area contributed by atoms with Gasteiger partial charge in [0.25, 0.3) is 0 Å². The Labute approximate surface area is 198 Å². The monoisotopic (exact) mass is 491 g/mol. The maximum atomic E-state index is 13.6. The molecule has 2 aromatic carbocycles. The number of halogens is 1. The van der Waals surface area contributed by atoms with Gasteiger partial charge in [-0.3, -0.25) is 0 Å². The van der Waals surface area contributed by atoms with Crippen LogP contribution in [0.4, 0.5) is 0 Å². The summed E-state index contributed by atoms with van der Waals surface area (Å²) in [6.07, 6.45) is 3.10. The second-order valence-corrected chi connectivity index (χ2v) is 10.2. The van der Waals surface area contributed by atoms with Gasteiger partial charge >= 0.3 is 0 Å². The Morgan fingerprint density at radius 2 is 1.91 bits per heavy atom. The lowest BCUT2D eigenvalue weighted by Gasteiger charge is -2.31. The van der Waals surface area contributed by atoms with Crippen molar-refractivity contribution in [2.45, 2.75) is 17.7 Å². The molecule has 2 heterocycles. The van der Waals surface area contributed by atoms with Crippen molar-refractivity contribution in [3.05, 3.63) is 53.7 Å². The molecule has 1 aliphatic rings. The van der Waals surface area contributed by atoms with E-state index in [0.717, 1.165) is 6.42 Å². The van der Waals surface area contributed by atoms with Crippen molar-refractivity contribution >= 4 is 21.6 Å². The number of hydrogen-bond donors (Lipinski definition) is 1. The molecule has 1 fully saturated rings. The molecule has 1 unspecified atom stereocenters. The number of sulfonamides is 1. The van der Waals surface area contributed by atoms with Gasteiger partial charge in [-0.05, 0) is 43.0 Å². The van der Waals surface area contributed by atoms with E-state index in [-0.39, 0.29) is 29.7 Å². The Bertz CT molecular complexity index is 1240. The molecule has 33 heavy (non-hydrogen) atoms.